The third kappa shape index (κ3) is 6.29. The molecule has 0 fully saturated rings. The van der Waals surface area contributed by atoms with Crippen LogP contribution in [0.5, 0.6) is 5.75 Å². The average molecular weight is 575 g/mol. The number of halogens is 3. The van der Waals surface area contributed by atoms with Crippen molar-refractivity contribution in [3.63, 3.8) is 0 Å². The number of hydrogen-bond donors (Lipinski definition) is 3. The number of hydrogen-bond acceptors (Lipinski definition) is 7. The van der Waals surface area contributed by atoms with E-state index in [9.17, 15) is 26.4 Å². The van der Waals surface area contributed by atoms with Gasteiger partial charge in [0, 0.05) is 22.4 Å². The first-order valence-corrected chi connectivity index (χ1v) is 13.3. The molecule has 4 rings (SSSR count). The molecule has 0 atom stereocenters. The van der Waals surface area contributed by atoms with Gasteiger partial charge in [0.2, 0.25) is 15.8 Å². The Hall–Kier alpha value is -4.30. The van der Waals surface area contributed by atoms with Gasteiger partial charge < -0.3 is 10.1 Å². The highest BCUT2D eigenvalue weighted by Crippen LogP contribution is 2.41. The summed E-state index contributed by atoms with van der Waals surface area (Å²) in [6.07, 6.45) is -4.61. The molecule has 4 aromatic rings. The second-order valence-electron chi connectivity index (χ2n) is 9.71. The number of amides is 1. The Morgan fingerprint density at radius 3 is 2.30 bits per heavy atom. The van der Waals surface area contributed by atoms with Crippen molar-refractivity contribution in [1.29, 1.82) is 0 Å². The second kappa shape index (κ2) is 10.7. The fraction of sp³-hybridized carbons (Fsp3) is 0.231. The number of ether oxygens (including phenoxy) is 1. The van der Waals surface area contributed by atoms with E-state index in [1.165, 1.54) is 61.7 Å². The number of rotatable bonds is 7. The number of tetrazole rings is 1. The number of aromatic nitrogens is 4. The number of H-pyrrole nitrogens is 1. The fourth-order valence-corrected chi connectivity index (χ4v) is 5.55. The first-order chi connectivity index (χ1) is 18.7. The van der Waals surface area contributed by atoms with Crippen LogP contribution in [-0.2, 0) is 16.2 Å². The summed E-state index contributed by atoms with van der Waals surface area (Å²) >= 11 is 0. The van der Waals surface area contributed by atoms with E-state index in [1.807, 2.05) is 0 Å². The number of benzene rings is 3. The largest absolute Gasteiger partial charge is 0.495 e. The molecule has 1 amide bonds. The minimum Gasteiger partial charge on any atom is -0.495 e. The molecule has 0 saturated heterocycles. The Kier molecular flexibility index (Phi) is 7.67. The van der Waals surface area contributed by atoms with Gasteiger partial charge in [-0.05, 0) is 73.5 Å². The van der Waals surface area contributed by atoms with Gasteiger partial charge in [0.1, 0.15) is 10.6 Å². The molecule has 210 valence electrons. The number of alkyl halides is 3. The van der Waals surface area contributed by atoms with Gasteiger partial charge in [-0.3, -0.25) is 4.79 Å². The molecule has 10 nitrogen and oxygen atoms in total. The predicted octanol–water partition coefficient (Wildman–Crippen LogP) is 4.89. The first kappa shape index (κ1) is 28.7. The monoisotopic (exact) mass is 574 g/mol. The molecule has 1 aromatic heterocycles. The van der Waals surface area contributed by atoms with Crippen molar-refractivity contribution in [3.8, 4) is 28.3 Å². The molecule has 0 spiro atoms. The maximum absolute atomic E-state index is 13.7. The predicted molar refractivity (Wildman–Crippen MR) is 141 cm³/mol. The molecular weight excluding hydrogens is 549 g/mol. The summed E-state index contributed by atoms with van der Waals surface area (Å²) in [4.78, 5) is 12.9. The van der Waals surface area contributed by atoms with Crippen molar-refractivity contribution in [2.75, 3.05) is 12.4 Å². The summed E-state index contributed by atoms with van der Waals surface area (Å²) in [7, 11) is -2.67. The van der Waals surface area contributed by atoms with Crippen LogP contribution in [0, 0.1) is 0 Å². The Morgan fingerprint density at radius 2 is 1.68 bits per heavy atom. The molecular formula is C26H25F3N6O4S. The van der Waals surface area contributed by atoms with Crippen LogP contribution in [0.4, 0.5) is 18.9 Å². The van der Waals surface area contributed by atoms with Crippen molar-refractivity contribution < 1.29 is 31.1 Å². The third-order valence-corrected chi connectivity index (χ3v) is 7.34. The van der Waals surface area contributed by atoms with Crippen LogP contribution < -0.4 is 14.8 Å². The summed E-state index contributed by atoms with van der Waals surface area (Å²) in [6, 6.07) is 13.2. The highest BCUT2D eigenvalue weighted by molar-refractivity contribution is 7.89. The minimum atomic E-state index is -4.61. The van der Waals surface area contributed by atoms with Crippen LogP contribution in [0.3, 0.4) is 0 Å². The normalized spacial score (nSPS) is 12.3. The zero-order valence-corrected chi connectivity index (χ0v) is 22.6. The van der Waals surface area contributed by atoms with E-state index in [0.717, 1.165) is 6.07 Å². The van der Waals surface area contributed by atoms with Crippen molar-refractivity contribution in [1.82, 2.24) is 25.3 Å². The van der Waals surface area contributed by atoms with E-state index < -0.39 is 33.2 Å². The van der Waals surface area contributed by atoms with Crippen LogP contribution in [0.2, 0.25) is 0 Å². The van der Waals surface area contributed by atoms with Gasteiger partial charge in [0.05, 0.1) is 12.7 Å². The highest BCUT2D eigenvalue weighted by atomic mass is 32.2. The topological polar surface area (TPSA) is 139 Å². The average Bonchev–Trinajstić information content (AvgIpc) is 3.41. The number of nitrogens with zero attached hydrogens (tertiary/aromatic N) is 3. The quantitative estimate of drug-likeness (QED) is 0.286. The van der Waals surface area contributed by atoms with Crippen LogP contribution in [0.25, 0.3) is 22.5 Å². The van der Waals surface area contributed by atoms with E-state index in [2.05, 4.69) is 30.7 Å². The Balaban J connectivity index is 1.70. The highest BCUT2D eigenvalue weighted by Gasteiger charge is 2.34. The summed E-state index contributed by atoms with van der Waals surface area (Å²) < 4.78 is 74.6. The molecule has 0 aliphatic heterocycles. The molecule has 0 aliphatic rings. The molecule has 3 aromatic carbocycles. The number of nitrogens with one attached hydrogen (secondary N) is 3. The van der Waals surface area contributed by atoms with Crippen molar-refractivity contribution in [2.45, 2.75) is 37.4 Å². The minimum absolute atomic E-state index is 0.0191. The van der Waals surface area contributed by atoms with Crippen molar-refractivity contribution >= 4 is 21.6 Å². The van der Waals surface area contributed by atoms with Crippen LogP contribution >= 0.6 is 0 Å². The smallest absolute Gasteiger partial charge is 0.417 e. The number of aromatic amines is 1. The van der Waals surface area contributed by atoms with Gasteiger partial charge in [-0.25, -0.2) is 13.1 Å². The number of carbonyl (C=O) groups excluding carboxylic acids is 1. The molecule has 0 bridgehead atoms. The van der Waals surface area contributed by atoms with Crippen LogP contribution in [0.15, 0.2) is 65.6 Å². The number of methoxy groups -OCH3 is 1. The number of anilines is 1. The zero-order valence-electron chi connectivity index (χ0n) is 21.8. The standard InChI is InChI=1S/C26H25F3N6O4S/c1-25(2,3)33-40(37,38)22-12-9-15(13-21(22)39-4)24(36)30-16-10-11-17(19(14-16)23-31-34-35-32-23)18-7-5-6-8-20(18)26(27,28)29/h5-14,33H,1-4H3,(H,30,36)(H,31,32,34,35). The Labute approximate surface area is 228 Å². The lowest BCUT2D eigenvalue weighted by molar-refractivity contribution is -0.137. The lowest BCUT2D eigenvalue weighted by Gasteiger charge is -2.21. The van der Waals surface area contributed by atoms with E-state index in [4.69, 9.17) is 4.74 Å². The molecule has 3 N–H and O–H groups in total. The summed E-state index contributed by atoms with van der Waals surface area (Å²) in [5.41, 5.74) is -1.02. The molecule has 14 heteroatoms. The lowest BCUT2D eigenvalue weighted by atomic mass is 9.94. The number of sulfonamides is 1. The van der Waals surface area contributed by atoms with Gasteiger partial charge in [-0.1, -0.05) is 24.3 Å². The van der Waals surface area contributed by atoms with Crippen molar-refractivity contribution in [3.05, 3.63) is 71.8 Å². The molecule has 0 saturated carbocycles. The second-order valence-corrected chi connectivity index (χ2v) is 11.4. The summed E-state index contributed by atoms with van der Waals surface area (Å²) in [5, 5.41) is 16.2. The molecule has 0 radical (unpaired) electrons. The fourth-order valence-electron chi connectivity index (χ4n) is 3.98. The van der Waals surface area contributed by atoms with Crippen molar-refractivity contribution in [2.24, 2.45) is 0 Å². The van der Waals surface area contributed by atoms with E-state index in [-0.39, 0.29) is 44.4 Å². The van der Waals surface area contributed by atoms with Gasteiger partial charge in [-0.15, -0.1) is 10.2 Å². The van der Waals surface area contributed by atoms with E-state index >= 15 is 0 Å². The van der Waals surface area contributed by atoms with Crippen LogP contribution in [0.1, 0.15) is 36.7 Å². The third-order valence-electron chi connectivity index (χ3n) is 5.54. The van der Waals surface area contributed by atoms with Gasteiger partial charge >= 0.3 is 6.18 Å². The number of carbonyl (C=O) groups is 1. The molecule has 0 aliphatic carbocycles. The van der Waals surface area contributed by atoms with Crippen LogP contribution in [-0.4, -0.2) is 47.6 Å². The first-order valence-electron chi connectivity index (χ1n) is 11.8. The summed E-state index contributed by atoms with van der Waals surface area (Å²) in [6.45, 7) is 5.07. The van der Waals surface area contributed by atoms with Gasteiger partial charge in [-0.2, -0.15) is 18.4 Å². The van der Waals surface area contributed by atoms with E-state index in [0.29, 0.717) is 0 Å². The lowest BCUT2D eigenvalue weighted by Crippen LogP contribution is -2.40. The molecule has 1 heterocycles. The Bertz CT molecular complexity index is 1650. The zero-order chi connectivity index (χ0) is 29.3. The molecule has 40 heavy (non-hydrogen) atoms. The molecule has 0 unspecified atom stereocenters. The van der Waals surface area contributed by atoms with Gasteiger partial charge in [0.25, 0.3) is 5.91 Å². The van der Waals surface area contributed by atoms with E-state index in [1.54, 1.807) is 20.8 Å². The Morgan fingerprint density at radius 1 is 0.950 bits per heavy atom. The van der Waals surface area contributed by atoms with Gasteiger partial charge in [0.15, 0.2) is 0 Å². The maximum Gasteiger partial charge on any atom is 0.417 e. The SMILES string of the molecule is COc1cc(C(=O)Nc2ccc(-c3ccccc3C(F)(F)F)c(-c3nn[nH]n3)c2)ccc1S(=O)(=O)NC(C)(C)C. The summed E-state index contributed by atoms with van der Waals surface area (Å²) in [5.74, 6) is -0.643. The maximum atomic E-state index is 13.7.